The van der Waals surface area contributed by atoms with Crippen molar-refractivity contribution in [3.05, 3.63) is 0 Å². The van der Waals surface area contributed by atoms with E-state index in [0.29, 0.717) is 12.4 Å². The molecule has 0 unspecified atom stereocenters. The number of nitrogens with zero attached hydrogens (tertiary/aromatic N) is 5. The summed E-state index contributed by atoms with van der Waals surface area (Å²) in [6, 6.07) is 0. The topological polar surface area (TPSA) is 71.2 Å². The monoisotopic (exact) mass is 304 g/mol. The summed E-state index contributed by atoms with van der Waals surface area (Å²) in [4.78, 5) is 15.1. The van der Waals surface area contributed by atoms with Crippen LogP contribution in [0.3, 0.4) is 0 Å². The van der Waals surface area contributed by atoms with Crippen LogP contribution in [0.5, 0.6) is 0 Å². The predicted octanol–water partition coefficient (Wildman–Crippen LogP) is 1.83. The van der Waals surface area contributed by atoms with Gasteiger partial charge in [-0.05, 0) is 19.3 Å². The molecule has 2 rings (SSSR count). The number of nitrogen functional groups attached to an aromatic ring is 1. The number of rotatable bonds is 5. The molecule has 21 heavy (non-hydrogen) atoms. The van der Waals surface area contributed by atoms with Crippen LogP contribution in [0.1, 0.15) is 26.2 Å². The van der Waals surface area contributed by atoms with Crippen LogP contribution in [0.4, 0.5) is 31.0 Å². The van der Waals surface area contributed by atoms with Crippen LogP contribution in [0.15, 0.2) is 0 Å². The third-order valence-corrected chi connectivity index (χ3v) is 3.16. The Morgan fingerprint density at radius 2 is 1.86 bits per heavy atom. The molecule has 1 aliphatic heterocycles. The molecule has 6 nitrogen and oxygen atoms in total. The zero-order valence-electron chi connectivity index (χ0n) is 11.9. The van der Waals surface area contributed by atoms with Gasteiger partial charge in [0.05, 0.1) is 0 Å². The van der Waals surface area contributed by atoms with Gasteiger partial charge in [-0.25, -0.2) is 0 Å². The highest BCUT2D eigenvalue weighted by atomic mass is 19.4. The van der Waals surface area contributed by atoms with E-state index in [4.69, 9.17) is 5.73 Å². The minimum Gasteiger partial charge on any atom is -0.368 e. The summed E-state index contributed by atoms with van der Waals surface area (Å²) >= 11 is 0. The van der Waals surface area contributed by atoms with Gasteiger partial charge in [-0.2, -0.15) is 28.1 Å². The van der Waals surface area contributed by atoms with E-state index in [9.17, 15) is 13.2 Å². The Labute approximate surface area is 121 Å². The molecule has 0 amide bonds. The molecule has 9 heteroatoms. The fourth-order valence-corrected chi connectivity index (χ4v) is 2.31. The van der Waals surface area contributed by atoms with Gasteiger partial charge in [-0.3, -0.25) is 0 Å². The van der Waals surface area contributed by atoms with Crippen LogP contribution in [-0.2, 0) is 0 Å². The molecule has 1 aromatic rings. The third kappa shape index (κ3) is 4.33. The van der Waals surface area contributed by atoms with Gasteiger partial charge in [0.1, 0.15) is 6.54 Å². The largest absolute Gasteiger partial charge is 0.406 e. The number of hydrogen-bond donors (Lipinski definition) is 1. The molecular formula is C12H19F3N6. The lowest BCUT2D eigenvalue weighted by molar-refractivity contribution is -0.119. The Balaban J connectivity index is 2.26. The Morgan fingerprint density at radius 3 is 2.43 bits per heavy atom. The summed E-state index contributed by atoms with van der Waals surface area (Å²) in [5, 5.41) is 0. The van der Waals surface area contributed by atoms with E-state index in [2.05, 4.69) is 15.0 Å². The highest BCUT2D eigenvalue weighted by Gasteiger charge is 2.32. The number of halogens is 3. The van der Waals surface area contributed by atoms with Crippen LogP contribution in [0, 0.1) is 0 Å². The Hall–Kier alpha value is -1.80. The molecule has 0 atom stereocenters. The van der Waals surface area contributed by atoms with Crippen molar-refractivity contribution >= 4 is 17.8 Å². The van der Waals surface area contributed by atoms with Gasteiger partial charge in [-0.15, -0.1) is 0 Å². The maximum Gasteiger partial charge on any atom is 0.406 e. The van der Waals surface area contributed by atoms with E-state index in [1.54, 1.807) is 6.92 Å². The first-order valence-corrected chi connectivity index (χ1v) is 6.97. The minimum atomic E-state index is -4.32. The summed E-state index contributed by atoms with van der Waals surface area (Å²) in [6.45, 7) is 2.49. The molecular weight excluding hydrogens is 285 g/mol. The van der Waals surface area contributed by atoms with Crippen molar-refractivity contribution in [2.75, 3.05) is 41.7 Å². The smallest absolute Gasteiger partial charge is 0.368 e. The molecule has 2 N–H and O–H groups in total. The molecule has 0 aromatic carbocycles. The average Bonchev–Trinajstić information content (AvgIpc) is 2.90. The molecule has 0 spiro atoms. The quantitative estimate of drug-likeness (QED) is 0.895. The van der Waals surface area contributed by atoms with E-state index in [1.165, 1.54) is 0 Å². The molecule has 0 saturated carbocycles. The van der Waals surface area contributed by atoms with Gasteiger partial charge in [0, 0.05) is 19.6 Å². The lowest BCUT2D eigenvalue weighted by Crippen LogP contribution is -2.36. The van der Waals surface area contributed by atoms with E-state index in [1.807, 2.05) is 4.90 Å². The molecule has 0 radical (unpaired) electrons. The van der Waals surface area contributed by atoms with Crippen LogP contribution in [-0.4, -0.2) is 47.3 Å². The highest BCUT2D eigenvalue weighted by Crippen LogP contribution is 2.23. The van der Waals surface area contributed by atoms with Crippen molar-refractivity contribution in [2.45, 2.75) is 32.4 Å². The van der Waals surface area contributed by atoms with Crippen molar-refractivity contribution in [3.8, 4) is 0 Å². The summed E-state index contributed by atoms with van der Waals surface area (Å²) in [5.41, 5.74) is 5.63. The maximum atomic E-state index is 12.7. The van der Waals surface area contributed by atoms with Gasteiger partial charge in [0.25, 0.3) is 0 Å². The summed E-state index contributed by atoms with van der Waals surface area (Å²) in [6.07, 6.45) is -1.73. The Morgan fingerprint density at radius 1 is 1.19 bits per heavy atom. The van der Waals surface area contributed by atoms with Crippen molar-refractivity contribution in [1.29, 1.82) is 0 Å². The second kappa shape index (κ2) is 6.31. The van der Waals surface area contributed by atoms with E-state index in [0.717, 1.165) is 30.8 Å². The molecule has 1 saturated heterocycles. The molecule has 1 aromatic heterocycles. The number of hydrogen-bond acceptors (Lipinski definition) is 6. The standard InChI is InChI=1S/C12H19F3N6/c1-2-5-21(8-12(13,14)15)11-18-9(16)17-10(19-11)20-6-3-4-7-20/h2-8H2,1H3,(H2,16,17,18,19). The first kappa shape index (κ1) is 15.6. The van der Waals surface area contributed by atoms with Crippen molar-refractivity contribution in [3.63, 3.8) is 0 Å². The lowest BCUT2D eigenvalue weighted by Gasteiger charge is -2.24. The second-order valence-electron chi connectivity index (χ2n) is 5.02. The lowest BCUT2D eigenvalue weighted by atomic mass is 10.4. The SMILES string of the molecule is CCCN(CC(F)(F)F)c1nc(N)nc(N2CCCC2)n1. The van der Waals surface area contributed by atoms with Crippen molar-refractivity contribution in [1.82, 2.24) is 15.0 Å². The van der Waals surface area contributed by atoms with E-state index < -0.39 is 12.7 Å². The van der Waals surface area contributed by atoms with Gasteiger partial charge in [-0.1, -0.05) is 6.92 Å². The number of anilines is 3. The molecule has 2 heterocycles. The summed E-state index contributed by atoms with van der Waals surface area (Å²) < 4.78 is 38.0. The van der Waals surface area contributed by atoms with Crippen LogP contribution in [0.2, 0.25) is 0 Å². The van der Waals surface area contributed by atoms with Gasteiger partial charge >= 0.3 is 6.18 Å². The highest BCUT2D eigenvalue weighted by molar-refractivity contribution is 5.44. The van der Waals surface area contributed by atoms with Crippen molar-refractivity contribution < 1.29 is 13.2 Å². The van der Waals surface area contributed by atoms with Crippen LogP contribution < -0.4 is 15.5 Å². The van der Waals surface area contributed by atoms with E-state index in [-0.39, 0.29) is 18.4 Å². The first-order chi connectivity index (χ1) is 9.89. The van der Waals surface area contributed by atoms with Gasteiger partial charge in [0.15, 0.2) is 0 Å². The number of alkyl halides is 3. The predicted molar refractivity (Wildman–Crippen MR) is 74.2 cm³/mol. The fourth-order valence-electron chi connectivity index (χ4n) is 2.31. The zero-order chi connectivity index (χ0) is 15.5. The second-order valence-corrected chi connectivity index (χ2v) is 5.02. The molecule has 1 aliphatic rings. The minimum absolute atomic E-state index is 0.0106. The number of nitrogens with two attached hydrogens (primary N) is 1. The average molecular weight is 304 g/mol. The van der Waals surface area contributed by atoms with Gasteiger partial charge < -0.3 is 15.5 Å². The zero-order valence-corrected chi connectivity index (χ0v) is 11.9. The summed E-state index contributed by atoms with van der Waals surface area (Å²) in [7, 11) is 0. The Bertz CT molecular complexity index is 473. The third-order valence-electron chi connectivity index (χ3n) is 3.16. The van der Waals surface area contributed by atoms with Crippen LogP contribution >= 0.6 is 0 Å². The summed E-state index contributed by atoms with van der Waals surface area (Å²) in [5.74, 6) is 0.298. The molecule has 0 aliphatic carbocycles. The molecule has 0 bridgehead atoms. The maximum absolute atomic E-state index is 12.7. The normalized spacial score (nSPS) is 15.5. The van der Waals surface area contributed by atoms with Crippen LogP contribution in [0.25, 0.3) is 0 Å². The van der Waals surface area contributed by atoms with Crippen molar-refractivity contribution in [2.24, 2.45) is 0 Å². The first-order valence-electron chi connectivity index (χ1n) is 6.97. The molecule has 1 fully saturated rings. The fraction of sp³-hybridized carbons (Fsp3) is 0.750. The molecule has 118 valence electrons. The van der Waals surface area contributed by atoms with E-state index >= 15 is 0 Å². The number of aromatic nitrogens is 3. The van der Waals surface area contributed by atoms with Gasteiger partial charge in [0.2, 0.25) is 17.8 Å². The Kier molecular flexibility index (Phi) is 4.69.